The molecular formula is C8H14O4. The molecule has 0 saturated heterocycles. The highest BCUT2D eigenvalue weighted by molar-refractivity contribution is 5.93. The van der Waals surface area contributed by atoms with Gasteiger partial charge in [-0.05, 0) is 12.5 Å². The normalized spacial score (nSPS) is 16.3. The van der Waals surface area contributed by atoms with Gasteiger partial charge in [0.05, 0.1) is 6.61 Å². The Morgan fingerprint density at radius 2 is 2.08 bits per heavy atom. The van der Waals surface area contributed by atoms with Crippen LogP contribution in [0.5, 0.6) is 0 Å². The lowest BCUT2D eigenvalue weighted by molar-refractivity contribution is -0.129. The second-order valence-electron chi connectivity index (χ2n) is 2.41. The third kappa shape index (κ3) is 3.61. The van der Waals surface area contributed by atoms with E-state index < -0.39 is 24.6 Å². The van der Waals surface area contributed by atoms with E-state index in [1.165, 1.54) is 6.08 Å². The summed E-state index contributed by atoms with van der Waals surface area (Å²) in [6.07, 6.45) is 0.559. The highest BCUT2D eigenvalue weighted by Gasteiger charge is 2.20. The minimum Gasteiger partial charge on any atom is -0.394 e. The molecule has 4 nitrogen and oxygen atoms in total. The molecule has 70 valence electrons. The number of hydrogen-bond acceptors (Lipinski definition) is 4. The average Bonchev–Trinajstić information content (AvgIpc) is 2.11. The third-order valence-corrected chi connectivity index (χ3v) is 1.36. The summed E-state index contributed by atoms with van der Waals surface area (Å²) in [6, 6.07) is 0. The summed E-state index contributed by atoms with van der Waals surface area (Å²) in [4.78, 5) is 10.9. The van der Waals surface area contributed by atoms with Crippen LogP contribution in [0.3, 0.4) is 0 Å². The van der Waals surface area contributed by atoms with Crippen LogP contribution in [0.15, 0.2) is 12.2 Å². The van der Waals surface area contributed by atoms with Crippen LogP contribution in [-0.2, 0) is 4.79 Å². The Morgan fingerprint density at radius 1 is 1.50 bits per heavy atom. The molecule has 0 bridgehead atoms. The largest absolute Gasteiger partial charge is 0.394 e. The zero-order valence-electron chi connectivity index (χ0n) is 6.97. The Kier molecular flexibility index (Phi) is 5.53. The molecule has 0 aromatic rings. The summed E-state index contributed by atoms with van der Waals surface area (Å²) in [5, 5.41) is 26.2. The lowest BCUT2D eigenvalue weighted by Gasteiger charge is -2.11. The molecule has 0 amide bonds. The monoisotopic (exact) mass is 174 g/mol. The lowest BCUT2D eigenvalue weighted by atomic mass is 10.1. The maximum atomic E-state index is 10.9. The fraction of sp³-hybridized carbons (Fsp3) is 0.625. The first kappa shape index (κ1) is 11.3. The first-order chi connectivity index (χ1) is 5.63. The van der Waals surface area contributed by atoms with Gasteiger partial charge in [0.2, 0.25) is 0 Å². The van der Waals surface area contributed by atoms with Crippen molar-refractivity contribution in [2.24, 2.45) is 0 Å². The van der Waals surface area contributed by atoms with Crippen molar-refractivity contribution in [3.05, 3.63) is 12.2 Å². The number of ketones is 1. The molecule has 0 aliphatic heterocycles. The third-order valence-electron chi connectivity index (χ3n) is 1.36. The molecule has 0 rings (SSSR count). The number of allylic oxidation sites excluding steroid dienone is 1. The van der Waals surface area contributed by atoms with Crippen molar-refractivity contribution in [3.8, 4) is 0 Å². The highest BCUT2D eigenvalue weighted by Crippen LogP contribution is 1.96. The molecule has 0 aliphatic carbocycles. The molecule has 2 atom stereocenters. The van der Waals surface area contributed by atoms with Crippen LogP contribution in [-0.4, -0.2) is 39.9 Å². The number of rotatable bonds is 5. The molecule has 0 aromatic carbocycles. The van der Waals surface area contributed by atoms with Gasteiger partial charge in [-0.15, -0.1) is 0 Å². The van der Waals surface area contributed by atoms with E-state index in [1.807, 2.05) is 6.92 Å². The van der Waals surface area contributed by atoms with Crippen molar-refractivity contribution < 1.29 is 20.1 Å². The molecule has 0 radical (unpaired) electrons. The van der Waals surface area contributed by atoms with E-state index in [0.29, 0.717) is 6.42 Å². The van der Waals surface area contributed by atoms with Gasteiger partial charge < -0.3 is 15.3 Å². The fourth-order valence-corrected chi connectivity index (χ4v) is 0.622. The van der Waals surface area contributed by atoms with Gasteiger partial charge in [0.15, 0.2) is 5.78 Å². The van der Waals surface area contributed by atoms with E-state index in [2.05, 4.69) is 0 Å². The molecule has 0 spiro atoms. The van der Waals surface area contributed by atoms with Gasteiger partial charge in [-0.3, -0.25) is 4.79 Å². The molecule has 2 unspecified atom stereocenters. The SMILES string of the molecule is CCC=CC(=O)C(O)C(O)CO. The minimum absolute atomic E-state index is 0.585. The second kappa shape index (κ2) is 5.88. The van der Waals surface area contributed by atoms with Crippen molar-refractivity contribution in [2.45, 2.75) is 25.6 Å². The van der Waals surface area contributed by atoms with Gasteiger partial charge in [0, 0.05) is 0 Å². The number of carbonyl (C=O) groups is 1. The predicted octanol–water partition coefficient (Wildman–Crippen LogP) is -0.764. The molecule has 3 N–H and O–H groups in total. The zero-order chi connectivity index (χ0) is 9.56. The Bertz CT molecular complexity index is 164. The van der Waals surface area contributed by atoms with Crippen LogP contribution in [0.25, 0.3) is 0 Å². The molecule has 0 aromatic heterocycles. The maximum absolute atomic E-state index is 10.9. The number of hydrogen-bond donors (Lipinski definition) is 3. The number of aliphatic hydroxyl groups excluding tert-OH is 3. The smallest absolute Gasteiger partial charge is 0.186 e. The van der Waals surface area contributed by atoms with Crippen LogP contribution < -0.4 is 0 Å². The van der Waals surface area contributed by atoms with Crippen LogP contribution in [0.2, 0.25) is 0 Å². The fourth-order valence-electron chi connectivity index (χ4n) is 0.622. The molecule has 0 fully saturated rings. The Hall–Kier alpha value is -0.710. The predicted molar refractivity (Wildman–Crippen MR) is 43.5 cm³/mol. The molecule has 0 aliphatic rings. The van der Waals surface area contributed by atoms with E-state index >= 15 is 0 Å². The average molecular weight is 174 g/mol. The van der Waals surface area contributed by atoms with Crippen LogP contribution in [0, 0.1) is 0 Å². The van der Waals surface area contributed by atoms with E-state index in [-0.39, 0.29) is 0 Å². The van der Waals surface area contributed by atoms with Gasteiger partial charge in [0.25, 0.3) is 0 Å². The van der Waals surface area contributed by atoms with E-state index in [4.69, 9.17) is 15.3 Å². The van der Waals surface area contributed by atoms with Crippen LogP contribution >= 0.6 is 0 Å². The van der Waals surface area contributed by atoms with Crippen molar-refractivity contribution in [3.63, 3.8) is 0 Å². The summed E-state index contributed by atoms with van der Waals surface area (Å²) < 4.78 is 0. The molecule has 0 heterocycles. The van der Waals surface area contributed by atoms with Crippen molar-refractivity contribution in [1.82, 2.24) is 0 Å². The Morgan fingerprint density at radius 3 is 2.50 bits per heavy atom. The van der Waals surface area contributed by atoms with Crippen molar-refractivity contribution >= 4 is 5.78 Å². The maximum Gasteiger partial charge on any atom is 0.186 e. The van der Waals surface area contributed by atoms with Crippen molar-refractivity contribution in [1.29, 1.82) is 0 Å². The van der Waals surface area contributed by atoms with Crippen LogP contribution in [0.4, 0.5) is 0 Å². The van der Waals surface area contributed by atoms with E-state index in [9.17, 15) is 4.79 Å². The van der Waals surface area contributed by atoms with Gasteiger partial charge in [-0.2, -0.15) is 0 Å². The topological polar surface area (TPSA) is 77.8 Å². The molecule has 12 heavy (non-hydrogen) atoms. The van der Waals surface area contributed by atoms with Gasteiger partial charge in [-0.25, -0.2) is 0 Å². The first-order valence-electron chi connectivity index (χ1n) is 3.80. The molecule has 0 saturated carbocycles. The minimum atomic E-state index is -1.52. The quantitative estimate of drug-likeness (QED) is 0.478. The summed E-state index contributed by atoms with van der Waals surface area (Å²) in [7, 11) is 0. The molecule has 4 heteroatoms. The van der Waals surface area contributed by atoms with E-state index in [0.717, 1.165) is 0 Å². The highest BCUT2D eigenvalue weighted by atomic mass is 16.4. The van der Waals surface area contributed by atoms with Gasteiger partial charge in [-0.1, -0.05) is 13.0 Å². The molecular weight excluding hydrogens is 160 g/mol. The Balaban J connectivity index is 4.00. The standard InChI is InChI=1S/C8H14O4/c1-2-3-4-6(10)8(12)7(11)5-9/h3-4,7-9,11-12H,2,5H2,1H3. The number of aliphatic hydroxyl groups is 3. The van der Waals surface area contributed by atoms with E-state index in [1.54, 1.807) is 6.08 Å². The first-order valence-corrected chi connectivity index (χ1v) is 3.80. The second-order valence-corrected chi connectivity index (χ2v) is 2.41. The van der Waals surface area contributed by atoms with Gasteiger partial charge in [0.1, 0.15) is 12.2 Å². The summed E-state index contributed by atoms with van der Waals surface area (Å²) in [5.74, 6) is -0.585. The summed E-state index contributed by atoms with van der Waals surface area (Å²) in [5.41, 5.74) is 0. The van der Waals surface area contributed by atoms with Crippen molar-refractivity contribution in [2.75, 3.05) is 6.61 Å². The van der Waals surface area contributed by atoms with Gasteiger partial charge >= 0.3 is 0 Å². The summed E-state index contributed by atoms with van der Waals surface area (Å²) in [6.45, 7) is 1.23. The zero-order valence-corrected chi connectivity index (χ0v) is 6.97. The van der Waals surface area contributed by atoms with Crippen LogP contribution in [0.1, 0.15) is 13.3 Å². The number of carbonyl (C=O) groups excluding carboxylic acids is 1. The lowest BCUT2D eigenvalue weighted by Crippen LogP contribution is -2.35. The Labute approximate surface area is 71.1 Å². The summed E-state index contributed by atoms with van der Waals surface area (Å²) >= 11 is 0.